The number of ether oxygens (including phenoxy) is 1. The van der Waals surface area contributed by atoms with Gasteiger partial charge in [-0.05, 0) is 19.3 Å². The Bertz CT molecular complexity index is 129. The summed E-state index contributed by atoms with van der Waals surface area (Å²) in [6.07, 6.45) is 7.95. The molecule has 1 saturated heterocycles. The summed E-state index contributed by atoms with van der Waals surface area (Å²) in [7, 11) is 0. The zero-order valence-corrected chi connectivity index (χ0v) is 7.44. The molecule has 1 aliphatic rings. The Labute approximate surface area is 69.4 Å². The molecule has 1 heterocycles. The Morgan fingerprint density at radius 3 is 2.91 bits per heavy atom. The van der Waals surface area contributed by atoms with Gasteiger partial charge in [-0.15, -0.1) is 0 Å². The van der Waals surface area contributed by atoms with Gasteiger partial charge < -0.3 is 4.74 Å². The number of hydrogen-bond acceptors (Lipinski definition) is 1. The second kappa shape index (κ2) is 4.42. The van der Waals surface area contributed by atoms with Crippen molar-refractivity contribution in [1.82, 2.24) is 0 Å². The van der Waals surface area contributed by atoms with E-state index in [9.17, 15) is 0 Å². The molecular weight excluding hydrogens is 136 g/mol. The first-order chi connectivity index (χ1) is 5.33. The summed E-state index contributed by atoms with van der Waals surface area (Å²) in [6, 6.07) is 0. The van der Waals surface area contributed by atoms with Crippen molar-refractivity contribution in [3.8, 4) is 0 Å². The molecule has 1 atom stereocenters. The van der Waals surface area contributed by atoms with Crippen LogP contribution in [0.1, 0.15) is 45.4 Å². The largest absolute Gasteiger partial charge is 0.495 e. The molecule has 1 aliphatic heterocycles. The maximum atomic E-state index is 5.51. The van der Waals surface area contributed by atoms with Gasteiger partial charge in [0.1, 0.15) is 0 Å². The van der Waals surface area contributed by atoms with Crippen LogP contribution in [0.5, 0.6) is 0 Å². The van der Waals surface area contributed by atoms with E-state index in [-0.39, 0.29) is 0 Å². The fourth-order valence-corrected chi connectivity index (χ4v) is 1.50. The molecule has 11 heavy (non-hydrogen) atoms. The zero-order valence-electron chi connectivity index (χ0n) is 7.44. The monoisotopic (exact) mass is 154 g/mol. The number of allylic oxidation sites excluding steroid dienone is 1. The quantitative estimate of drug-likeness (QED) is 0.565. The predicted octanol–water partition coefficient (Wildman–Crippen LogP) is 3.26. The highest BCUT2D eigenvalue weighted by molar-refractivity contribution is 4.90. The molecule has 0 saturated carbocycles. The Hall–Kier alpha value is -0.460. The Morgan fingerprint density at radius 2 is 2.36 bits per heavy atom. The molecule has 0 aromatic carbocycles. The lowest BCUT2D eigenvalue weighted by atomic mass is 10.1. The van der Waals surface area contributed by atoms with E-state index in [1.165, 1.54) is 32.1 Å². The Morgan fingerprint density at radius 1 is 1.55 bits per heavy atom. The molecule has 64 valence electrons. The van der Waals surface area contributed by atoms with E-state index in [2.05, 4.69) is 13.5 Å². The molecule has 1 fully saturated rings. The molecule has 1 rings (SSSR count). The van der Waals surface area contributed by atoms with Gasteiger partial charge in [-0.1, -0.05) is 26.3 Å². The lowest BCUT2D eigenvalue weighted by Gasteiger charge is -2.08. The van der Waals surface area contributed by atoms with Gasteiger partial charge in [0, 0.05) is 6.42 Å². The second-order valence-electron chi connectivity index (χ2n) is 3.31. The third kappa shape index (κ3) is 2.96. The van der Waals surface area contributed by atoms with Crippen molar-refractivity contribution in [3.63, 3.8) is 0 Å². The van der Waals surface area contributed by atoms with E-state index in [4.69, 9.17) is 4.74 Å². The van der Waals surface area contributed by atoms with Crippen LogP contribution in [0.2, 0.25) is 0 Å². The minimum atomic E-state index is 0.494. The van der Waals surface area contributed by atoms with E-state index in [1.807, 2.05) is 0 Å². The van der Waals surface area contributed by atoms with E-state index in [0.29, 0.717) is 6.10 Å². The molecule has 0 aromatic rings. The predicted molar refractivity (Wildman–Crippen MR) is 47.4 cm³/mol. The van der Waals surface area contributed by atoms with Crippen molar-refractivity contribution in [2.75, 3.05) is 0 Å². The topological polar surface area (TPSA) is 9.23 Å². The molecule has 0 aromatic heterocycles. The molecule has 0 amide bonds. The summed E-state index contributed by atoms with van der Waals surface area (Å²) in [5.41, 5.74) is 0. The maximum absolute atomic E-state index is 5.51. The summed E-state index contributed by atoms with van der Waals surface area (Å²) in [5.74, 6) is 0.992. The molecule has 0 radical (unpaired) electrons. The SMILES string of the molecule is C=C1CCC(CCCCC)O1. The van der Waals surface area contributed by atoms with Crippen LogP contribution in [0.25, 0.3) is 0 Å². The third-order valence-corrected chi connectivity index (χ3v) is 2.21. The lowest BCUT2D eigenvalue weighted by molar-refractivity contribution is 0.150. The Kier molecular flexibility index (Phi) is 3.47. The Balaban J connectivity index is 2.04. The molecule has 0 bridgehead atoms. The molecule has 1 unspecified atom stereocenters. The normalized spacial score (nSPS) is 23.7. The van der Waals surface area contributed by atoms with E-state index in [1.54, 1.807) is 0 Å². The average Bonchev–Trinajstić information content (AvgIpc) is 2.37. The van der Waals surface area contributed by atoms with Crippen LogP contribution < -0.4 is 0 Å². The summed E-state index contributed by atoms with van der Waals surface area (Å²) in [4.78, 5) is 0. The first-order valence-corrected chi connectivity index (χ1v) is 4.67. The molecule has 0 N–H and O–H groups in total. The lowest BCUT2D eigenvalue weighted by Crippen LogP contribution is -2.03. The molecule has 1 nitrogen and oxygen atoms in total. The van der Waals surface area contributed by atoms with Crippen molar-refractivity contribution < 1.29 is 4.74 Å². The fraction of sp³-hybridized carbons (Fsp3) is 0.800. The van der Waals surface area contributed by atoms with Gasteiger partial charge in [0.05, 0.1) is 11.9 Å². The van der Waals surface area contributed by atoms with Crippen LogP contribution >= 0.6 is 0 Å². The van der Waals surface area contributed by atoms with Crippen LogP contribution in [0.3, 0.4) is 0 Å². The first-order valence-electron chi connectivity index (χ1n) is 4.67. The summed E-state index contributed by atoms with van der Waals surface area (Å²) >= 11 is 0. The minimum absolute atomic E-state index is 0.494. The fourth-order valence-electron chi connectivity index (χ4n) is 1.50. The van der Waals surface area contributed by atoms with Gasteiger partial charge >= 0.3 is 0 Å². The number of unbranched alkanes of at least 4 members (excludes halogenated alkanes) is 2. The van der Waals surface area contributed by atoms with Crippen molar-refractivity contribution in [2.45, 2.75) is 51.6 Å². The van der Waals surface area contributed by atoms with Gasteiger partial charge in [-0.25, -0.2) is 0 Å². The van der Waals surface area contributed by atoms with Gasteiger partial charge in [-0.2, -0.15) is 0 Å². The summed E-state index contributed by atoms with van der Waals surface area (Å²) in [6.45, 7) is 6.04. The molecule has 0 spiro atoms. The standard InChI is InChI=1S/C10H18O/c1-3-4-5-6-10-8-7-9(2)11-10/h10H,2-8H2,1H3. The minimum Gasteiger partial charge on any atom is -0.495 e. The van der Waals surface area contributed by atoms with Crippen LogP contribution in [0, 0.1) is 0 Å². The van der Waals surface area contributed by atoms with Gasteiger partial charge in [-0.3, -0.25) is 0 Å². The van der Waals surface area contributed by atoms with Gasteiger partial charge in [0.2, 0.25) is 0 Å². The highest BCUT2D eigenvalue weighted by Crippen LogP contribution is 2.24. The molecule has 0 aliphatic carbocycles. The number of hydrogen-bond donors (Lipinski definition) is 0. The molecular formula is C10H18O. The third-order valence-electron chi connectivity index (χ3n) is 2.21. The second-order valence-corrected chi connectivity index (χ2v) is 3.31. The highest BCUT2D eigenvalue weighted by Gasteiger charge is 2.17. The maximum Gasteiger partial charge on any atom is 0.0986 e. The van der Waals surface area contributed by atoms with Crippen LogP contribution in [0.15, 0.2) is 12.3 Å². The van der Waals surface area contributed by atoms with Gasteiger partial charge in [0.25, 0.3) is 0 Å². The van der Waals surface area contributed by atoms with Crippen molar-refractivity contribution in [1.29, 1.82) is 0 Å². The van der Waals surface area contributed by atoms with Gasteiger partial charge in [0.15, 0.2) is 0 Å². The van der Waals surface area contributed by atoms with Crippen molar-refractivity contribution in [3.05, 3.63) is 12.3 Å². The number of rotatable bonds is 4. The average molecular weight is 154 g/mol. The van der Waals surface area contributed by atoms with E-state index < -0.39 is 0 Å². The summed E-state index contributed by atoms with van der Waals surface area (Å²) in [5, 5.41) is 0. The molecule has 1 heteroatoms. The van der Waals surface area contributed by atoms with E-state index in [0.717, 1.165) is 12.2 Å². The van der Waals surface area contributed by atoms with Crippen molar-refractivity contribution >= 4 is 0 Å². The highest BCUT2D eigenvalue weighted by atomic mass is 16.5. The van der Waals surface area contributed by atoms with E-state index >= 15 is 0 Å². The first kappa shape index (κ1) is 8.63. The van der Waals surface area contributed by atoms with Crippen molar-refractivity contribution in [2.24, 2.45) is 0 Å². The summed E-state index contributed by atoms with van der Waals surface area (Å²) < 4.78 is 5.51. The zero-order chi connectivity index (χ0) is 8.10. The van der Waals surface area contributed by atoms with Crippen LogP contribution in [0.4, 0.5) is 0 Å². The smallest absolute Gasteiger partial charge is 0.0986 e. The van der Waals surface area contributed by atoms with Crippen LogP contribution in [-0.2, 0) is 4.74 Å². The van der Waals surface area contributed by atoms with Crippen LogP contribution in [-0.4, -0.2) is 6.10 Å².